The third-order valence-corrected chi connectivity index (χ3v) is 1.92. The highest BCUT2D eigenvalue weighted by molar-refractivity contribution is 5.90. The van der Waals surface area contributed by atoms with Crippen LogP contribution in [-0.2, 0) is 11.3 Å². The van der Waals surface area contributed by atoms with Crippen LogP contribution in [-0.4, -0.2) is 24.4 Å². The number of alkyl halides is 3. The zero-order valence-electron chi connectivity index (χ0n) is 9.13. The predicted octanol–water partition coefficient (Wildman–Crippen LogP) is 0.519. The van der Waals surface area contributed by atoms with Crippen molar-refractivity contribution >= 4 is 5.97 Å². The first kappa shape index (κ1) is 14.0. The lowest BCUT2D eigenvalue weighted by molar-refractivity contribution is -0.274. The molecule has 0 bridgehead atoms. The number of hydrogen-bond acceptors (Lipinski definition) is 5. The van der Waals surface area contributed by atoms with Crippen LogP contribution in [0.2, 0.25) is 0 Å². The van der Waals surface area contributed by atoms with Crippen LogP contribution in [0.15, 0.2) is 10.9 Å². The zero-order valence-corrected chi connectivity index (χ0v) is 9.13. The molecular formula is C9H9F3N2O4. The standard InChI is InChI=1S/C9H9F3N2O4/c1-17-8(16)6-5(18-9(10,11)12)2-4(3-13)7(15)14-6/h2H,3,13H2,1H3,(H,14,15). The fourth-order valence-electron chi connectivity index (χ4n) is 1.16. The summed E-state index contributed by atoms with van der Waals surface area (Å²) in [7, 11) is 0.953. The van der Waals surface area contributed by atoms with E-state index in [9.17, 15) is 22.8 Å². The average molecular weight is 266 g/mol. The van der Waals surface area contributed by atoms with Gasteiger partial charge in [-0.2, -0.15) is 0 Å². The van der Waals surface area contributed by atoms with E-state index < -0.39 is 29.3 Å². The number of halogens is 3. The largest absolute Gasteiger partial charge is 0.573 e. The summed E-state index contributed by atoms with van der Waals surface area (Å²) < 4.78 is 44.2. The van der Waals surface area contributed by atoms with Gasteiger partial charge in [-0.3, -0.25) is 4.79 Å². The highest BCUT2D eigenvalue weighted by Gasteiger charge is 2.34. The lowest BCUT2D eigenvalue weighted by atomic mass is 10.2. The van der Waals surface area contributed by atoms with Crippen molar-refractivity contribution in [3.05, 3.63) is 27.7 Å². The third kappa shape index (κ3) is 3.23. The van der Waals surface area contributed by atoms with Gasteiger partial charge in [0.05, 0.1) is 7.11 Å². The van der Waals surface area contributed by atoms with Gasteiger partial charge in [0.2, 0.25) is 0 Å². The second kappa shape index (κ2) is 5.08. The Labute approximate surface area is 98.5 Å². The van der Waals surface area contributed by atoms with E-state index in [2.05, 4.69) is 9.47 Å². The van der Waals surface area contributed by atoms with E-state index in [1.165, 1.54) is 0 Å². The van der Waals surface area contributed by atoms with Crippen LogP contribution in [0.4, 0.5) is 13.2 Å². The fourth-order valence-corrected chi connectivity index (χ4v) is 1.16. The van der Waals surface area contributed by atoms with Crippen molar-refractivity contribution in [1.82, 2.24) is 4.98 Å². The number of esters is 1. The number of rotatable bonds is 3. The molecule has 9 heteroatoms. The molecule has 0 saturated heterocycles. The Kier molecular flexibility index (Phi) is 3.96. The number of carbonyl (C=O) groups excluding carboxylic acids is 1. The summed E-state index contributed by atoms with van der Waals surface area (Å²) in [5.41, 5.74) is 3.51. The minimum Gasteiger partial charge on any atom is -0.464 e. The maximum absolute atomic E-state index is 12.1. The summed E-state index contributed by atoms with van der Waals surface area (Å²) in [5, 5.41) is 0. The van der Waals surface area contributed by atoms with E-state index in [4.69, 9.17) is 5.73 Å². The molecule has 0 amide bonds. The number of methoxy groups -OCH3 is 1. The Morgan fingerprint density at radius 1 is 1.50 bits per heavy atom. The molecule has 0 spiro atoms. The molecule has 0 radical (unpaired) electrons. The summed E-state index contributed by atoms with van der Waals surface area (Å²) in [5.74, 6) is -2.02. The number of hydrogen-bond donors (Lipinski definition) is 2. The molecule has 0 saturated carbocycles. The highest BCUT2D eigenvalue weighted by Crippen LogP contribution is 2.25. The van der Waals surface area contributed by atoms with Crippen molar-refractivity contribution < 1.29 is 27.4 Å². The zero-order chi connectivity index (χ0) is 13.9. The van der Waals surface area contributed by atoms with Gasteiger partial charge in [-0.1, -0.05) is 0 Å². The van der Waals surface area contributed by atoms with Crippen LogP contribution in [0.1, 0.15) is 16.1 Å². The molecule has 0 fully saturated rings. The molecule has 18 heavy (non-hydrogen) atoms. The average Bonchev–Trinajstić information content (AvgIpc) is 2.28. The third-order valence-electron chi connectivity index (χ3n) is 1.92. The molecular weight excluding hydrogens is 257 g/mol. The second-order valence-corrected chi connectivity index (χ2v) is 3.11. The first-order chi connectivity index (χ1) is 8.28. The van der Waals surface area contributed by atoms with Crippen molar-refractivity contribution in [1.29, 1.82) is 0 Å². The molecule has 0 aliphatic carbocycles. The number of aromatic nitrogens is 1. The number of nitrogens with two attached hydrogens (primary N) is 1. The molecule has 0 atom stereocenters. The van der Waals surface area contributed by atoms with Crippen LogP contribution in [0, 0.1) is 0 Å². The topological polar surface area (TPSA) is 94.4 Å². The van der Waals surface area contributed by atoms with E-state index in [-0.39, 0.29) is 12.1 Å². The molecule has 0 aromatic carbocycles. The van der Waals surface area contributed by atoms with Crippen molar-refractivity contribution in [2.45, 2.75) is 12.9 Å². The van der Waals surface area contributed by atoms with Gasteiger partial charge in [-0.25, -0.2) is 4.79 Å². The molecule has 6 nitrogen and oxygen atoms in total. The Morgan fingerprint density at radius 3 is 2.56 bits per heavy atom. The maximum atomic E-state index is 12.1. The molecule has 1 aromatic rings. The lowest BCUT2D eigenvalue weighted by Crippen LogP contribution is -2.25. The Hall–Kier alpha value is -2.03. The smallest absolute Gasteiger partial charge is 0.464 e. The van der Waals surface area contributed by atoms with Crippen LogP contribution in [0.5, 0.6) is 5.75 Å². The first-order valence-corrected chi connectivity index (χ1v) is 4.58. The van der Waals surface area contributed by atoms with Gasteiger partial charge in [0.15, 0.2) is 11.4 Å². The monoisotopic (exact) mass is 266 g/mol. The van der Waals surface area contributed by atoms with Crippen LogP contribution < -0.4 is 16.0 Å². The molecule has 1 rings (SSSR count). The van der Waals surface area contributed by atoms with E-state index >= 15 is 0 Å². The van der Waals surface area contributed by atoms with Crippen LogP contribution in [0.3, 0.4) is 0 Å². The number of nitrogens with one attached hydrogen (secondary N) is 1. The fraction of sp³-hybridized carbons (Fsp3) is 0.333. The molecule has 100 valence electrons. The minimum atomic E-state index is -5.01. The van der Waals surface area contributed by atoms with Gasteiger partial charge < -0.3 is 20.2 Å². The number of pyridine rings is 1. The van der Waals surface area contributed by atoms with E-state index in [1.54, 1.807) is 0 Å². The SMILES string of the molecule is COC(=O)c1[nH]c(=O)c(CN)cc1OC(F)(F)F. The molecule has 0 aliphatic heterocycles. The summed E-state index contributed by atoms with van der Waals surface area (Å²) in [4.78, 5) is 24.5. The summed E-state index contributed by atoms with van der Waals surface area (Å²) >= 11 is 0. The van der Waals surface area contributed by atoms with Crippen molar-refractivity contribution in [2.24, 2.45) is 5.73 Å². The first-order valence-electron chi connectivity index (χ1n) is 4.58. The molecule has 0 aliphatic rings. The summed E-state index contributed by atoms with van der Waals surface area (Å²) in [6.07, 6.45) is -5.01. The van der Waals surface area contributed by atoms with Crippen molar-refractivity contribution in [3.63, 3.8) is 0 Å². The van der Waals surface area contributed by atoms with Gasteiger partial charge in [-0.15, -0.1) is 13.2 Å². The van der Waals surface area contributed by atoms with Crippen molar-refractivity contribution in [2.75, 3.05) is 7.11 Å². The Bertz CT molecular complexity index is 510. The second-order valence-electron chi connectivity index (χ2n) is 3.11. The van der Waals surface area contributed by atoms with Crippen LogP contribution >= 0.6 is 0 Å². The molecule has 0 unspecified atom stereocenters. The van der Waals surface area contributed by atoms with Crippen LogP contribution in [0.25, 0.3) is 0 Å². The quantitative estimate of drug-likeness (QED) is 0.778. The summed E-state index contributed by atoms with van der Waals surface area (Å²) in [6, 6.07) is 0.749. The van der Waals surface area contributed by atoms with Gasteiger partial charge in [0, 0.05) is 12.1 Å². The van der Waals surface area contributed by atoms with E-state index in [0.717, 1.165) is 13.2 Å². The van der Waals surface area contributed by atoms with Crippen molar-refractivity contribution in [3.8, 4) is 5.75 Å². The van der Waals surface area contributed by atoms with E-state index in [0.29, 0.717) is 0 Å². The lowest BCUT2D eigenvalue weighted by Gasteiger charge is -2.12. The highest BCUT2D eigenvalue weighted by atomic mass is 19.4. The number of ether oxygens (including phenoxy) is 2. The minimum absolute atomic E-state index is 0.151. The van der Waals surface area contributed by atoms with E-state index in [1.807, 2.05) is 4.98 Å². The normalized spacial score (nSPS) is 11.2. The van der Waals surface area contributed by atoms with Gasteiger partial charge in [-0.05, 0) is 6.07 Å². The summed E-state index contributed by atoms with van der Waals surface area (Å²) in [6.45, 7) is -0.301. The molecule has 1 aromatic heterocycles. The Morgan fingerprint density at radius 2 is 2.11 bits per heavy atom. The predicted molar refractivity (Wildman–Crippen MR) is 53.0 cm³/mol. The molecule has 3 N–H and O–H groups in total. The molecule has 1 heterocycles. The number of H-pyrrole nitrogens is 1. The number of aromatic amines is 1. The maximum Gasteiger partial charge on any atom is 0.573 e. The Balaban J connectivity index is 3.35. The van der Waals surface area contributed by atoms with Gasteiger partial charge in [0.25, 0.3) is 5.56 Å². The van der Waals surface area contributed by atoms with Gasteiger partial charge in [0.1, 0.15) is 0 Å². The number of carbonyl (C=O) groups is 1. The van der Waals surface area contributed by atoms with Gasteiger partial charge >= 0.3 is 12.3 Å².